The van der Waals surface area contributed by atoms with E-state index >= 15 is 0 Å². The first-order valence-corrected chi connectivity index (χ1v) is 7.23. The molecule has 0 spiro atoms. The van der Waals surface area contributed by atoms with Gasteiger partial charge in [-0.2, -0.15) is 0 Å². The molecule has 2 unspecified atom stereocenters. The SMILES string of the molecule is COc1ccccc1CC(C)N(C)C(CN)c1ccoc1. The Morgan fingerprint density at radius 1 is 1.29 bits per heavy atom. The predicted molar refractivity (Wildman–Crippen MR) is 84.4 cm³/mol. The first kappa shape index (κ1) is 15.6. The summed E-state index contributed by atoms with van der Waals surface area (Å²) in [7, 11) is 3.81. The van der Waals surface area contributed by atoms with E-state index < -0.39 is 0 Å². The Morgan fingerprint density at radius 2 is 2.05 bits per heavy atom. The predicted octanol–water partition coefficient (Wildman–Crippen LogP) is 2.85. The van der Waals surface area contributed by atoms with Crippen molar-refractivity contribution in [3.8, 4) is 5.75 Å². The highest BCUT2D eigenvalue weighted by Gasteiger charge is 2.22. The van der Waals surface area contributed by atoms with Gasteiger partial charge in [0, 0.05) is 18.2 Å². The van der Waals surface area contributed by atoms with Crippen LogP contribution >= 0.6 is 0 Å². The third-order valence-corrected chi connectivity index (χ3v) is 4.05. The molecule has 0 amide bonds. The summed E-state index contributed by atoms with van der Waals surface area (Å²) in [4.78, 5) is 2.29. The van der Waals surface area contributed by atoms with Crippen LogP contribution in [-0.4, -0.2) is 31.6 Å². The summed E-state index contributed by atoms with van der Waals surface area (Å²) in [6.45, 7) is 2.77. The van der Waals surface area contributed by atoms with E-state index in [0.29, 0.717) is 12.6 Å². The number of benzene rings is 1. The molecule has 1 heterocycles. The standard InChI is InChI=1S/C17H24N2O2/c1-13(10-14-6-4-5-7-17(14)20-3)19(2)16(11-18)15-8-9-21-12-15/h4-9,12-13,16H,10-11,18H2,1-3H3. The van der Waals surface area contributed by atoms with E-state index in [2.05, 4.69) is 24.9 Å². The molecule has 4 nitrogen and oxygen atoms in total. The maximum Gasteiger partial charge on any atom is 0.122 e. The molecule has 1 aromatic heterocycles. The van der Waals surface area contributed by atoms with Gasteiger partial charge in [-0.15, -0.1) is 0 Å². The zero-order valence-corrected chi connectivity index (χ0v) is 13.0. The minimum atomic E-state index is 0.161. The molecule has 0 saturated carbocycles. The summed E-state index contributed by atoms with van der Waals surface area (Å²) < 4.78 is 10.6. The molecule has 1 aromatic carbocycles. The molecule has 0 fully saturated rings. The quantitative estimate of drug-likeness (QED) is 0.851. The summed E-state index contributed by atoms with van der Waals surface area (Å²) in [5, 5.41) is 0. The van der Waals surface area contributed by atoms with E-state index in [0.717, 1.165) is 17.7 Å². The van der Waals surface area contributed by atoms with Crippen LogP contribution in [0.25, 0.3) is 0 Å². The fourth-order valence-electron chi connectivity index (χ4n) is 2.64. The number of methoxy groups -OCH3 is 1. The normalized spacial score (nSPS) is 14.1. The van der Waals surface area contributed by atoms with Gasteiger partial charge in [0.2, 0.25) is 0 Å². The first-order valence-electron chi connectivity index (χ1n) is 7.23. The van der Waals surface area contributed by atoms with E-state index in [1.807, 2.05) is 24.3 Å². The summed E-state index contributed by atoms with van der Waals surface area (Å²) in [5.74, 6) is 0.936. The second kappa shape index (κ2) is 7.29. The summed E-state index contributed by atoms with van der Waals surface area (Å²) in [6, 6.07) is 10.6. The average molecular weight is 288 g/mol. The lowest BCUT2D eigenvalue weighted by Gasteiger charge is -2.32. The maximum absolute atomic E-state index is 5.94. The van der Waals surface area contributed by atoms with Crippen molar-refractivity contribution in [2.24, 2.45) is 5.73 Å². The van der Waals surface area contributed by atoms with Crippen LogP contribution in [0.4, 0.5) is 0 Å². The van der Waals surface area contributed by atoms with Crippen LogP contribution in [0.15, 0.2) is 47.3 Å². The minimum absolute atomic E-state index is 0.161. The molecular weight excluding hydrogens is 264 g/mol. The topological polar surface area (TPSA) is 51.6 Å². The van der Waals surface area contributed by atoms with E-state index in [1.165, 1.54) is 5.56 Å². The van der Waals surface area contributed by atoms with E-state index in [-0.39, 0.29) is 6.04 Å². The van der Waals surface area contributed by atoms with Crippen molar-refractivity contribution in [3.05, 3.63) is 54.0 Å². The van der Waals surface area contributed by atoms with Crippen molar-refractivity contribution in [2.45, 2.75) is 25.4 Å². The van der Waals surface area contributed by atoms with Crippen molar-refractivity contribution in [1.29, 1.82) is 0 Å². The molecule has 2 atom stereocenters. The highest BCUT2D eigenvalue weighted by atomic mass is 16.5. The number of furan rings is 1. The zero-order valence-electron chi connectivity index (χ0n) is 13.0. The van der Waals surface area contributed by atoms with Gasteiger partial charge in [-0.25, -0.2) is 0 Å². The van der Waals surface area contributed by atoms with Gasteiger partial charge >= 0.3 is 0 Å². The molecule has 114 valence electrons. The van der Waals surface area contributed by atoms with Crippen molar-refractivity contribution >= 4 is 0 Å². The van der Waals surface area contributed by atoms with Crippen LogP contribution in [0.5, 0.6) is 5.75 Å². The van der Waals surface area contributed by atoms with Crippen molar-refractivity contribution in [3.63, 3.8) is 0 Å². The Balaban J connectivity index is 2.10. The van der Waals surface area contributed by atoms with Crippen LogP contribution in [-0.2, 0) is 6.42 Å². The molecule has 21 heavy (non-hydrogen) atoms. The van der Waals surface area contributed by atoms with Crippen LogP contribution in [0.2, 0.25) is 0 Å². The van der Waals surface area contributed by atoms with Crippen molar-refractivity contribution < 1.29 is 9.15 Å². The van der Waals surface area contributed by atoms with Crippen LogP contribution in [0.1, 0.15) is 24.1 Å². The number of hydrogen-bond donors (Lipinski definition) is 1. The highest BCUT2D eigenvalue weighted by Crippen LogP contribution is 2.25. The molecule has 0 saturated heterocycles. The van der Waals surface area contributed by atoms with Gasteiger partial charge in [0.25, 0.3) is 0 Å². The number of nitrogens with zero attached hydrogens (tertiary/aromatic N) is 1. The molecule has 0 aliphatic rings. The monoisotopic (exact) mass is 288 g/mol. The summed E-state index contributed by atoms with van der Waals surface area (Å²) in [5.41, 5.74) is 8.27. The second-order valence-electron chi connectivity index (χ2n) is 5.34. The number of hydrogen-bond acceptors (Lipinski definition) is 4. The molecule has 2 rings (SSSR count). The molecule has 4 heteroatoms. The van der Waals surface area contributed by atoms with Crippen LogP contribution in [0, 0.1) is 0 Å². The number of ether oxygens (including phenoxy) is 1. The molecule has 0 aliphatic heterocycles. The summed E-state index contributed by atoms with van der Waals surface area (Å²) in [6.07, 6.45) is 4.37. The lowest BCUT2D eigenvalue weighted by atomic mass is 10.0. The van der Waals surface area contributed by atoms with E-state index in [4.69, 9.17) is 14.9 Å². The number of likely N-dealkylation sites (N-methyl/N-ethyl adjacent to an activating group) is 1. The van der Waals surface area contributed by atoms with Gasteiger partial charge < -0.3 is 14.9 Å². The lowest BCUT2D eigenvalue weighted by molar-refractivity contribution is 0.186. The van der Waals surface area contributed by atoms with Gasteiger partial charge in [-0.1, -0.05) is 18.2 Å². The lowest BCUT2D eigenvalue weighted by Crippen LogP contribution is -2.38. The number of rotatable bonds is 7. The number of para-hydroxylation sites is 1. The van der Waals surface area contributed by atoms with Gasteiger partial charge in [0.05, 0.1) is 25.7 Å². The minimum Gasteiger partial charge on any atom is -0.496 e. The van der Waals surface area contributed by atoms with Crippen molar-refractivity contribution in [1.82, 2.24) is 4.90 Å². The van der Waals surface area contributed by atoms with Gasteiger partial charge in [0.1, 0.15) is 5.75 Å². The third-order valence-electron chi connectivity index (χ3n) is 4.05. The average Bonchev–Trinajstić information content (AvgIpc) is 3.02. The number of nitrogens with two attached hydrogens (primary N) is 1. The molecule has 0 radical (unpaired) electrons. The Morgan fingerprint density at radius 3 is 2.67 bits per heavy atom. The van der Waals surface area contributed by atoms with Crippen LogP contribution in [0.3, 0.4) is 0 Å². The Hall–Kier alpha value is -1.78. The fourth-order valence-corrected chi connectivity index (χ4v) is 2.64. The molecule has 0 bridgehead atoms. The highest BCUT2D eigenvalue weighted by molar-refractivity contribution is 5.33. The van der Waals surface area contributed by atoms with Gasteiger partial charge in [0.15, 0.2) is 0 Å². The molecule has 2 N–H and O–H groups in total. The van der Waals surface area contributed by atoms with Crippen LogP contribution < -0.4 is 10.5 Å². The molecule has 2 aromatic rings. The Labute approximate surface area is 126 Å². The van der Waals surface area contributed by atoms with E-state index in [1.54, 1.807) is 19.6 Å². The van der Waals surface area contributed by atoms with Crippen molar-refractivity contribution in [2.75, 3.05) is 20.7 Å². The third kappa shape index (κ3) is 3.65. The van der Waals surface area contributed by atoms with E-state index in [9.17, 15) is 0 Å². The van der Waals surface area contributed by atoms with Gasteiger partial charge in [-0.05, 0) is 38.1 Å². The summed E-state index contributed by atoms with van der Waals surface area (Å²) >= 11 is 0. The molecular formula is C17H24N2O2. The smallest absolute Gasteiger partial charge is 0.122 e. The Bertz CT molecular complexity index is 539. The zero-order chi connectivity index (χ0) is 15.2. The van der Waals surface area contributed by atoms with Gasteiger partial charge in [-0.3, -0.25) is 4.90 Å². The molecule has 0 aliphatic carbocycles. The largest absolute Gasteiger partial charge is 0.496 e. The first-order chi connectivity index (χ1) is 10.2. The second-order valence-corrected chi connectivity index (χ2v) is 5.34. The fraction of sp³-hybridized carbons (Fsp3) is 0.412. The Kier molecular flexibility index (Phi) is 5.42. The maximum atomic E-state index is 5.94.